The van der Waals surface area contributed by atoms with Crippen molar-refractivity contribution >= 4 is 11.7 Å². The molecule has 13 nitrogen and oxygen atoms in total. The fraction of sp³-hybridized carbons (Fsp3) is 0.708. The number of hydrogen-bond donors (Lipinski definition) is 0. The van der Waals surface area contributed by atoms with E-state index in [2.05, 4.69) is 0 Å². The van der Waals surface area contributed by atoms with Crippen molar-refractivity contribution in [3.05, 3.63) is 34.4 Å². The number of rotatable bonds is 26. The zero-order chi connectivity index (χ0) is 26.8. The van der Waals surface area contributed by atoms with Crippen LogP contribution in [0.4, 0.5) is 5.69 Å². The molecule has 37 heavy (non-hydrogen) atoms. The number of nitro benzene ring substituents is 1. The second kappa shape index (κ2) is 24.0. The molecule has 0 aliphatic carbocycles. The normalized spacial score (nSPS) is 10.9. The third-order valence-electron chi connectivity index (χ3n) is 4.31. The fourth-order valence-electron chi connectivity index (χ4n) is 2.55. The zero-order valence-electron chi connectivity index (χ0n) is 21.5. The Balaban J connectivity index is 1.70. The van der Waals surface area contributed by atoms with Crippen LogP contribution in [-0.2, 0) is 42.7 Å². The molecule has 0 spiro atoms. The van der Waals surface area contributed by atoms with Gasteiger partial charge in [0, 0.05) is 19.1 Å². The molecule has 0 atom stereocenters. The molecule has 0 aliphatic heterocycles. The quantitative estimate of drug-likeness (QED) is 0.0739. The molecule has 0 unspecified atom stereocenters. The average Bonchev–Trinajstić information content (AvgIpc) is 2.88. The van der Waals surface area contributed by atoms with E-state index in [0.717, 1.165) is 0 Å². The van der Waals surface area contributed by atoms with Crippen molar-refractivity contribution in [2.24, 2.45) is 0 Å². The van der Waals surface area contributed by atoms with E-state index < -0.39 is 4.92 Å². The van der Waals surface area contributed by atoms with Crippen molar-refractivity contribution in [2.75, 3.05) is 106 Å². The Bertz CT molecular complexity index is 689. The van der Waals surface area contributed by atoms with Crippen LogP contribution < -0.4 is 4.74 Å². The lowest BCUT2D eigenvalue weighted by atomic mass is 10.3. The zero-order valence-corrected chi connectivity index (χ0v) is 21.5. The van der Waals surface area contributed by atoms with Gasteiger partial charge < -0.3 is 42.6 Å². The number of nitro groups is 1. The summed E-state index contributed by atoms with van der Waals surface area (Å²) in [5.74, 6) is 0.236. The molecule has 0 radical (unpaired) electrons. The van der Waals surface area contributed by atoms with E-state index in [9.17, 15) is 14.9 Å². The predicted octanol–water partition coefficient (Wildman–Crippen LogP) is 1.65. The monoisotopic (exact) mass is 533 g/mol. The summed E-state index contributed by atoms with van der Waals surface area (Å²) in [7, 11) is 0. The van der Waals surface area contributed by atoms with Crippen LogP contribution in [0.5, 0.6) is 5.75 Å². The summed E-state index contributed by atoms with van der Waals surface area (Å²) in [6, 6.07) is 5.89. The Morgan fingerprint density at radius 1 is 0.595 bits per heavy atom. The van der Waals surface area contributed by atoms with Gasteiger partial charge in [-0.15, -0.1) is 0 Å². The first-order valence-corrected chi connectivity index (χ1v) is 12.1. The van der Waals surface area contributed by atoms with Gasteiger partial charge in [-0.05, 0) is 12.1 Å². The first-order valence-electron chi connectivity index (χ1n) is 12.1. The smallest absolute Gasteiger partial charge is 0.302 e. The van der Waals surface area contributed by atoms with Gasteiger partial charge in [-0.25, -0.2) is 0 Å². The molecule has 1 aromatic rings. The van der Waals surface area contributed by atoms with Gasteiger partial charge >= 0.3 is 5.97 Å². The van der Waals surface area contributed by atoms with E-state index in [1.165, 1.54) is 19.1 Å². The van der Waals surface area contributed by atoms with Crippen LogP contribution in [-0.4, -0.2) is 117 Å². The SMILES string of the molecule is CC(=O)OCCOCCOCCOCCOCCOCCOCCOCCOc1ccc([N+](=O)[O-])cc1. The molecule has 0 aromatic heterocycles. The largest absolute Gasteiger partial charge is 0.491 e. The van der Waals surface area contributed by atoms with E-state index in [1.807, 2.05) is 0 Å². The summed E-state index contributed by atoms with van der Waals surface area (Å²) in [4.78, 5) is 20.7. The average molecular weight is 534 g/mol. The van der Waals surface area contributed by atoms with E-state index in [1.54, 1.807) is 12.1 Å². The number of esters is 1. The molecule has 0 amide bonds. The van der Waals surface area contributed by atoms with Crippen LogP contribution in [0.2, 0.25) is 0 Å². The predicted molar refractivity (Wildman–Crippen MR) is 131 cm³/mol. The summed E-state index contributed by atoms with van der Waals surface area (Å²) in [5.41, 5.74) is 0.0237. The summed E-state index contributed by atoms with van der Waals surface area (Å²) in [6.07, 6.45) is 0. The molecule has 212 valence electrons. The highest BCUT2D eigenvalue weighted by Crippen LogP contribution is 2.17. The van der Waals surface area contributed by atoms with Crippen molar-refractivity contribution in [3.63, 3.8) is 0 Å². The van der Waals surface area contributed by atoms with Crippen LogP contribution in [0.25, 0.3) is 0 Å². The third-order valence-corrected chi connectivity index (χ3v) is 4.31. The van der Waals surface area contributed by atoms with Crippen LogP contribution >= 0.6 is 0 Å². The van der Waals surface area contributed by atoms with Gasteiger partial charge in [0.25, 0.3) is 5.69 Å². The van der Waals surface area contributed by atoms with Gasteiger partial charge in [-0.1, -0.05) is 0 Å². The molecule has 0 N–H and O–H groups in total. The second-order valence-corrected chi connectivity index (χ2v) is 7.23. The van der Waals surface area contributed by atoms with Gasteiger partial charge in [0.05, 0.1) is 97.4 Å². The number of non-ortho nitro benzene ring substituents is 1. The third kappa shape index (κ3) is 21.4. The molecular formula is C24H39NO12. The summed E-state index contributed by atoms with van der Waals surface area (Å²) < 4.78 is 47.8. The van der Waals surface area contributed by atoms with Crippen molar-refractivity contribution in [1.29, 1.82) is 0 Å². The fourth-order valence-corrected chi connectivity index (χ4v) is 2.55. The lowest BCUT2D eigenvalue weighted by Gasteiger charge is -2.09. The number of carbonyl (C=O) groups excluding carboxylic acids is 1. The van der Waals surface area contributed by atoms with Crippen LogP contribution in [0, 0.1) is 10.1 Å². The van der Waals surface area contributed by atoms with Crippen molar-refractivity contribution in [1.82, 2.24) is 0 Å². The number of hydrogen-bond acceptors (Lipinski definition) is 12. The molecule has 0 aliphatic rings. The number of benzene rings is 1. The van der Waals surface area contributed by atoms with E-state index in [0.29, 0.717) is 105 Å². The van der Waals surface area contributed by atoms with Gasteiger partial charge in [0.1, 0.15) is 19.0 Å². The van der Waals surface area contributed by atoms with E-state index in [4.69, 9.17) is 42.6 Å². The van der Waals surface area contributed by atoms with Crippen LogP contribution in [0.1, 0.15) is 6.92 Å². The maximum Gasteiger partial charge on any atom is 0.302 e. The highest BCUT2D eigenvalue weighted by molar-refractivity contribution is 5.65. The minimum Gasteiger partial charge on any atom is -0.491 e. The van der Waals surface area contributed by atoms with Gasteiger partial charge in [-0.3, -0.25) is 14.9 Å². The van der Waals surface area contributed by atoms with Gasteiger partial charge in [-0.2, -0.15) is 0 Å². The number of carbonyl (C=O) groups is 1. The molecule has 0 fully saturated rings. The summed E-state index contributed by atoms with van der Waals surface area (Å²) in [5, 5.41) is 10.6. The molecule has 1 aromatic carbocycles. The highest BCUT2D eigenvalue weighted by Gasteiger charge is 2.04. The standard InChI is InChI=1S/C24H39NO12/c1-22(26)36-20-18-34-16-14-32-12-10-30-8-6-29-7-9-31-11-13-33-15-17-35-19-21-37-24-4-2-23(3-5-24)25(27)28/h2-5H,6-21H2,1H3. The van der Waals surface area contributed by atoms with Crippen molar-refractivity contribution in [3.8, 4) is 5.75 Å². The lowest BCUT2D eigenvalue weighted by molar-refractivity contribution is -0.384. The first kappa shape index (κ1) is 32.6. The second-order valence-electron chi connectivity index (χ2n) is 7.23. The Morgan fingerprint density at radius 3 is 1.24 bits per heavy atom. The maximum atomic E-state index is 10.6. The summed E-state index contributed by atoms with van der Waals surface area (Å²) >= 11 is 0. The molecule has 0 saturated heterocycles. The minimum absolute atomic E-state index is 0.0237. The lowest BCUT2D eigenvalue weighted by Crippen LogP contribution is -2.15. The van der Waals surface area contributed by atoms with Crippen molar-refractivity contribution < 1.29 is 52.3 Å². The van der Waals surface area contributed by atoms with E-state index in [-0.39, 0.29) is 18.3 Å². The molecule has 13 heteroatoms. The highest BCUT2D eigenvalue weighted by atomic mass is 16.6. The van der Waals surface area contributed by atoms with Crippen LogP contribution in [0.15, 0.2) is 24.3 Å². The number of ether oxygens (including phenoxy) is 9. The molecular weight excluding hydrogens is 494 g/mol. The Kier molecular flexibility index (Phi) is 21.1. The Labute approximate surface area is 217 Å². The topological polar surface area (TPSA) is 143 Å². The van der Waals surface area contributed by atoms with Gasteiger partial charge in [0.2, 0.25) is 0 Å². The van der Waals surface area contributed by atoms with Gasteiger partial charge in [0.15, 0.2) is 0 Å². The Morgan fingerprint density at radius 2 is 0.919 bits per heavy atom. The molecule has 0 heterocycles. The van der Waals surface area contributed by atoms with E-state index >= 15 is 0 Å². The Hall–Kier alpha value is -2.39. The van der Waals surface area contributed by atoms with Crippen molar-refractivity contribution in [2.45, 2.75) is 6.92 Å². The molecule has 0 saturated carbocycles. The first-order chi connectivity index (χ1) is 18.1. The number of nitrogens with zero attached hydrogens (tertiary/aromatic N) is 1. The molecule has 1 rings (SSSR count). The molecule has 0 bridgehead atoms. The minimum atomic E-state index is -0.456. The van der Waals surface area contributed by atoms with Crippen LogP contribution in [0.3, 0.4) is 0 Å². The maximum absolute atomic E-state index is 10.6. The summed E-state index contributed by atoms with van der Waals surface area (Å²) in [6.45, 7) is 8.24.